The molecule has 0 fully saturated rings. The second kappa shape index (κ2) is 7.24. The average molecular weight is 399 g/mol. The van der Waals surface area contributed by atoms with Crippen molar-refractivity contribution < 1.29 is 33.7 Å². The lowest BCUT2D eigenvalue weighted by molar-refractivity contribution is -0.161. The summed E-state index contributed by atoms with van der Waals surface area (Å²) in [5, 5.41) is 21.1. The fourth-order valence-corrected chi connectivity index (χ4v) is 4.47. The van der Waals surface area contributed by atoms with Gasteiger partial charge in [-0.15, -0.1) is 0 Å². The molecule has 0 spiro atoms. The summed E-state index contributed by atoms with van der Waals surface area (Å²) in [7, 11) is 2.24. The van der Waals surface area contributed by atoms with Gasteiger partial charge in [0.2, 0.25) is 0 Å². The van der Waals surface area contributed by atoms with E-state index in [4.69, 9.17) is 14.2 Å². The molecule has 1 aromatic rings. The molecule has 3 rings (SSSR count). The van der Waals surface area contributed by atoms with E-state index in [2.05, 4.69) is 0 Å². The number of carbonyl (C=O) groups excluding carboxylic acids is 3. The van der Waals surface area contributed by atoms with Crippen molar-refractivity contribution in [1.82, 2.24) is 0 Å². The standard InChI is InChI=1S/C21H21NO7/c1-10(2)29-20(26)21(9-22)15-11-7-5-6-8-12(11)16(21)14(19(25)28-4)17(23)13(15)18(24)27-3/h5-8,10,13,15-16,23H,1-4H3/t13-,15+,16-,21+/m1/s1. The molecule has 0 aliphatic heterocycles. The normalized spacial score (nSPS) is 27.1. The number of hydrogen-bond donors (Lipinski definition) is 1. The number of hydrogen-bond acceptors (Lipinski definition) is 8. The molecule has 0 saturated heterocycles. The molecule has 1 aromatic carbocycles. The molecule has 0 heterocycles. The lowest BCUT2D eigenvalue weighted by Crippen LogP contribution is -2.49. The Hall–Kier alpha value is -3.34. The zero-order valence-electron chi connectivity index (χ0n) is 16.5. The Morgan fingerprint density at radius 1 is 1.14 bits per heavy atom. The van der Waals surface area contributed by atoms with Crippen molar-refractivity contribution in [3.8, 4) is 6.07 Å². The van der Waals surface area contributed by atoms with E-state index in [1.807, 2.05) is 6.07 Å². The van der Waals surface area contributed by atoms with Gasteiger partial charge in [-0.3, -0.25) is 9.59 Å². The highest BCUT2D eigenvalue weighted by atomic mass is 16.5. The molecule has 8 heteroatoms. The van der Waals surface area contributed by atoms with Crippen molar-refractivity contribution in [3.63, 3.8) is 0 Å². The molecule has 2 aliphatic carbocycles. The maximum Gasteiger partial charge on any atom is 0.337 e. The summed E-state index contributed by atoms with van der Waals surface area (Å²) in [6.07, 6.45) is -0.534. The smallest absolute Gasteiger partial charge is 0.337 e. The van der Waals surface area contributed by atoms with Gasteiger partial charge in [-0.25, -0.2) is 4.79 Å². The van der Waals surface area contributed by atoms with Crippen LogP contribution in [-0.4, -0.2) is 43.3 Å². The van der Waals surface area contributed by atoms with Gasteiger partial charge in [-0.1, -0.05) is 24.3 Å². The van der Waals surface area contributed by atoms with Crippen LogP contribution >= 0.6 is 0 Å². The Labute approximate surface area is 167 Å². The fraction of sp³-hybridized carbons (Fsp3) is 0.429. The molecule has 29 heavy (non-hydrogen) atoms. The third-order valence-electron chi connectivity index (χ3n) is 5.51. The maximum absolute atomic E-state index is 13.3. The Kier molecular flexibility index (Phi) is 5.09. The predicted molar refractivity (Wildman–Crippen MR) is 98.4 cm³/mol. The Bertz CT molecular complexity index is 958. The third kappa shape index (κ3) is 2.69. The minimum atomic E-state index is -1.94. The van der Waals surface area contributed by atoms with E-state index in [1.54, 1.807) is 38.1 Å². The fourth-order valence-electron chi connectivity index (χ4n) is 4.47. The second-order valence-corrected chi connectivity index (χ2v) is 7.27. The van der Waals surface area contributed by atoms with Crippen molar-refractivity contribution >= 4 is 17.9 Å². The van der Waals surface area contributed by atoms with Crippen LogP contribution in [0.25, 0.3) is 0 Å². The number of aliphatic hydroxyl groups is 1. The van der Waals surface area contributed by atoms with E-state index in [0.717, 1.165) is 14.2 Å². The van der Waals surface area contributed by atoms with Crippen LogP contribution in [0.3, 0.4) is 0 Å². The van der Waals surface area contributed by atoms with Crippen LogP contribution in [0.1, 0.15) is 36.8 Å². The summed E-state index contributed by atoms with van der Waals surface area (Å²) >= 11 is 0. The molecule has 4 atom stereocenters. The number of ether oxygens (including phenoxy) is 3. The minimum Gasteiger partial charge on any atom is -0.511 e. The molecule has 2 bridgehead atoms. The first-order valence-corrected chi connectivity index (χ1v) is 9.06. The molecule has 1 N–H and O–H groups in total. The number of rotatable bonds is 4. The Balaban J connectivity index is 2.41. The van der Waals surface area contributed by atoms with Crippen LogP contribution in [0.5, 0.6) is 0 Å². The number of methoxy groups -OCH3 is 2. The molecule has 0 radical (unpaired) electrons. The van der Waals surface area contributed by atoms with Crippen LogP contribution < -0.4 is 0 Å². The van der Waals surface area contributed by atoms with Crippen molar-refractivity contribution in [3.05, 3.63) is 46.7 Å². The first-order chi connectivity index (χ1) is 13.8. The second-order valence-electron chi connectivity index (χ2n) is 7.27. The van der Waals surface area contributed by atoms with Gasteiger partial charge in [0.15, 0.2) is 5.41 Å². The molecule has 0 aromatic heterocycles. The summed E-state index contributed by atoms with van der Waals surface area (Å²) in [4.78, 5) is 38.5. The van der Waals surface area contributed by atoms with Crippen molar-refractivity contribution in [1.29, 1.82) is 5.26 Å². The highest BCUT2D eigenvalue weighted by molar-refractivity contribution is 5.99. The first kappa shape index (κ1) is 20.4. The number of carbonyl (C=O) groups is 3. The minimum absolute atomic E-state index is 0.314. The maximum atomic E-state index is 13.3. The van der Waals surface area contributed by atoms with Gasteiger partial charge in [0.1, 0.15) is 11.7 Å². The molecule has 0 unspecified atom stereocenters. The number of nitrogens with zero attached hydrogens (tertiary/aromatic N) is 1. The van der Waals surface area contributed by atoms with Gasteiger partial charge in [-0.2, -0.15) is 5.26 Å². The molecular formula is C21H21NO7. The monoisotopic (exact) mass is 399 g/mol. The molecule has 0 saturated carbocycles. The summed E-state index contributed by atoms with van der Waals surface area (Å²) in [5.74, 6) is -6.90. The number of fused-ring (bicyclic) bond motifs is 5. The van der Waals surface area contributed by atoms with Crippen LogP contribution in [0, 0.1) is 22.7 Å². The van der Waals surface area contributed by atoms with Gasteiger partial charge < -0.3 is 19.3 Å². The first-order valence-electron chi connectivity index (χ1n) is 9.06. The Morgan fingerprint density at radius 3 is 2.28 bits per heavy atom. The topological polar surface area (TPSA) is 123 Å². The lowest BCUT2D eigenvalue weighted by atomic mass is 9.60. The van der Waals surface area contributed by atoms with Crippen molar-refractivity contribution in [2.45, 2.75) is 31.8 Å². The lowest BCUT2D eigenvalue weighted by Gasteiger charge is -2.40. The van der Waals surface area contributed by atoms with E-state index < -0.39 is 52.9 Å². The van der Waals surface area contributed by atoms with Crippen LogP contribution in [0.15, 0.2) is 35.6 Å². The number of nitriles is 1. The molecule has 152 valence electrons. The van der Waals surface area contributed by atoms with Gasteiger partial charge in [0.25, 0.3) is 0 Å². The molecule has 0 amide bonds. The summed E-state index contributed by atoms with van der Waals surface area (Å²) in [6, 6.07) is 8.74. The highest BCUT2D eigenvalue weighted by Crippen LogP contribution is 2.65. The van der Waals surface area contributed by atoms with Gasteiger partial charge in [0.05, 0.1) is 32.0 Å². The van der Waals surface area contributed by atoms with Crippen LogP contribution in [0.2, 0.25) is 0 Å². The highest BCUT2D eigenvalue weighted by Gasteiger charge is 2.69. The zero-order valence-corrected chi connectivity index (χ0v) is 16.5. The zero-order chi connectivity index (χ0) is 21.5. The molecule has 8 nitrogen and oxygen atoms in total. The van der Waals surface area contributed by atoms with Gasteiger partial charge in [0, 0.05) is 11.8 Å². The summed E-state index contributed by atoms with van der Waals surface area (Å²) < 4.78 is 15.0. The average Bonchev–Trinajstić information content (AvgIpc) is 2.92. The van der Waals surface area contributed by atoms with Crippen LogP contribution in [-0.2, 0) is 28.6 Å². The van der Waals surface area contributed by atoms with E-state index >= 15 is 0 Å². The molecule has 2 aliphatic rings. The van der Waals surface area contributed by atoms with Gasteiger partial charge in [-0.05, 0) is 25.0 Å². The predicted octanol–water partition coefficient (Wildman–Crippen LogP) is 2.12. The van der Waals surface area contributed by atoms with E-state index in [0.29, 0.717) is 11.1 Å². The largest absolute Gasteiger partial charge is 0.511 e. The Morgan fingerprint density at radius 2 is 1.76 bits per heavy atom. The quantitative estimate of drug-likeness (QED) is 0.603. The van der Waals surface area contributed by atoms with Crippen LogP contribution in [0.4, 0.5) is 0 Å². The van der Waals surface area contributed by atoms with E-state index in [-0.39, 0.29) is 5.57 Å². The third-order valence-corrected chi connectivity index (χ3v) is 5.51. The summed E-state index contributed by atoms with van der Waals surface area (Å²) in [5.41, 5.74) is -1.27. The van der Waals surface area contributed by atoms with E-state index in [9.17, 15) is 24.8 Å². The SMILES string of the molecule is COC(=O)C1=C(O)[C@H](C(=O)OC)[C@@H]2c3ccccc3[C@H]1[C@@]2(C#N)C(=O)OC(C)C. The number of benzene rings is 1. The number of aliphatic hydroxyl groups excluding tert-OH is 1. The van der Waals surface area contributed by atoms with Crippen molar-refractivity contribution in [2.75, 3.05) is 14.2 Å². The van der Waals surface area contributed by atoms with E-state index in [1.165, 1.54) is 0 Å². The van der Waals surface area contributed by atoms with Gasteiger partial charge >= 0.3 is 17.9 Å². The number of esters is 3. The summed E-state index contributed by atoms with van der Waals surface area (Å²) in [6.45, 7) is 3.26. The molecular weight excluding hydrogens is 378 g/mol. The van der Waals surface area contributed by atoms with Crippen molar-refractivity contribution in [2.24, 2.45) is 11.3 Å².